The van der Waals surface area contributed by atoms with Gasteiger partial charge in [0.05, 0.1) is 5.25 Å². The molecule has 7 heteroatoms. The molecule has 21 heavy (non-hydrogen) atoms. The predicted octanol–water partition coefficient (Wildman–Crippen LogP) is 3.30. The molecule has 0 saturated carbocycles. The van der Waals surface area contributed by atoms with Gasteiger partial charge in [-0.3, -0.25) is 0 Å². The first-order valence-electron chi connectivity index (χ1n) is 6.75. The molecule has 0 spiro atoms. The summed E-state index contributed by atoms with van der Waals surface area (Å²) in [5, 5.41) is 13.9. The van der Waals surface area contributed by atoms with Crippen LogP contribution in [0.1, 0.15) is 30.1 Å². The molecule has 1 fully saturated rings. The van der Waals surface area contributed by atoms with E-state index >= 15 is 0 Å². The molecule has 3 rings (SSSR count). The molecule has 108 valence electrons. The lowest BCUT2D eigenvalue weighted by molar-refractivity contribution is 0.421. The molecule has 1 aliphatic heterocycles. The van der Waals surface area contributed by atoms with Crippen molar-refractivity contribution >= 4 is 23.5 Å². The molecule has 0 amide bonds. The van der Waals surface area contributed by atoms with E-state index in [2.05, 4.69) is 22.0 Å². The second-order valence-electron chi connectivity index (χ2n) is 4.61. The van der Waals surface area contributed by atoms with E-state index in [0.717, 1.165) is 23.6 Å². The highest BCUT2D eigenvalue weighted by Crippen LogP contribution is 2.43. The van der Waals surface area contributed by atoms with Crippen LogP contribution in [0.3, 0.4) is 0 Å². The number of rotatable bonds is 3. The van der Waals surface area contributed by atoms with Crippen LogP contribution in [0.4, 0.5) is 0 Å². The molecule has 2 unspecified atom stereocenters. The highest BCUT2D eigenvalue weighted by atomic mass is 32.2. The second kappa shape index (κ2) is 6.50. The summed E-state index contributed by atoms with van der Waals surface area (Å²) < 4.78 is 5.38. The van der Waals surface area contributed by atoms with Crippen molar-refractivity contribution in [1.82, 2.24) is 15.1 Å². The van der Waals surface area contributed by atoms with E-state index < -0.39 is 0 Å². The van der Waals surface area contributed by atoms with Crippen LogP contribution in [0, 0.1) is 11.3 Å². The number of hydrogen-bond donors (Lipinski definition) is 0. The molecule has 1 saturated heterocycles. The monoisotopic (exact) mass is 318 g/mol. The lowest BCUT2D eigenvalue weighted by atomic mass is 10.2. The molecule has 2 aromatic heterocycles. The first-order valence-corrected chi connectivity index (χ1v) is 8.85. The maximum absolute atomic E-state index is 8.90. The van der Waals surface area contributed by atoms with Gasteiger partial charge in [0.2, 0.25) is 0 Å². The summed E-state index contributed by atoms with van der Waals surface area (Å²) in [6.45, 7) is 2.19. The quantitative estimate of drug-likeness (QED) is 0.859. The smallest absolute Gasteiger partial charge is 0.258 e. The molecule has 0 radical (unpaired) electrons. The fourth-order valence-electron chi connectivity index (χ4n) is 2.23. The highest BCUT2D eigenvalue weighted by molar-refractivity contribution is 8.06. The maximum atomic E-state index is 8.90. The first-order chi connectivity index (χ1) is 10.3. The molecule has 0 aliphatic carbocycles. The normalized spacial score (nSPS) is 21.9. The lowest BCUT2D eigenvalue weighted by Gasteiger charge is -2.27. The molecular formula is C14H14N4OS2. The number of nitrogens with zero attached hydrogens (tertiary/aromatic N) is 4. The van der Waals surface area contributed by atoms with E-state index in [1.807, 2.05) is 29.6 Å². The van der Waals surface area contributed by atoms with Crippen LogP contribution in [0.2, 0.25) is 0 Å². The largest absolute Gasteiger partial charge is 0.334 e. The van der Waals surface area contributed by atoms with Crippen molar-refractivity contribution in [2.75, 3.05) is 11.5 Å². The van der Waals surface area contributed by atoms with Crippen molar-refractivity contribution in [3.05, 3.63) is 29.8 Å². The van der Waals surface area contributed by atoms with Crippen molar-refractivity contribution in [3.8, 4) is 17.5 Å². The van der Waals surface area contributed by atoms with Gasteiger partial charge in [0.25, 0.3) is 5.89 Å². The van der Waals surface area contributed by atoms with Gasteiger partial charge in [0, 0.05) is 28.5 Å². The summed E-state index contributed by atoms with van der Waals surface area (Å²) in [4.78, 5) is 8.48. The van der Waals surface area contributed by atoms with E-state index in [-0.39, 0.29) is 5.25 Å². The second-order valence-corrected chi connectivity index (χ2v) is 7.20. The molecule has 5 nitrogen and oxygen atoms in total. The van der Waals surface area contributed by atoms with E-state index in [0.29, 0.717) is 16.8 Å². The van der Waals surface area contributed by atoms with E-state index in [9.17, 15) is 0 Å². The Hall–Kier alpha value is -1.52. The van der Waals surface area contributed by atoms with Crippen molar-refractivity contribution in [2.45, 2.75) is 23.8 Å². The van der Waals surface area contributed by atoms with Gasteiger partial charge in [-0.25, -0.2) is 4.98 Å². The first kappa shape index (κ1) is 14.4. The van der Waals surface area contributed by atoms with E-state index in [1.165, 1.54) is 5.75 Å². The average Bonchev–Trinajstić information content (AvgIpc) is 3.04. The Bertz CT molecular complexity index is 667. The van der Waals surface area contributed by atoms with Crippen molar-refractivity contribution < 1.29 is 4.52 Å². The minimum atomic E-state index is 0.281. The van der Waals surface area contributed by atoms with Crippen molar-refractivity contribution in [2.24, 2.45) is 0 Å². The summed E-state index contributed by atoms with van der Waals surface area (Å²) in [5.41, 5.74) is 1.09. The Labute approximate surface area is 131 Å². The Morgan fingerprint density at radius 3 is 3.10 bits per heavy atom. The van der Waals surface area contributed by atoms with Gasteiger partial charge in [-0.2, -0.15) is 22.0 Å². The van der Waals surface area contributed by atoms with Crippen LogP contribution in [-0.4, -0.2) is 31.9 Å². The summed E-state index contributed by atoms with van der Waals surface area (Å²) in [6, 6.07) is 5.46. The van der Waals surface area contributed by atoms with E-state index in [4.69, 9.17) is 9.78 Å². The molecule has 0 aromatic carbocycles. The average molecular weight is 318 g/mol. The van der Waals surface area contributed by atoms with Gasteiger partial charge in [-0.05, 0) is 18.6 Å². The fraction of sp³-hybridized carbons (Fsp3) is 0.429. The predicted molar refractivity (Wildman–Crippen MR) is 84.0 cm³/mol. The number of aromatic nitrogens is 3. The Morgan fingerprint density at radius 2 is 2.29 bits per heavy atom. The number of hydrogen-bond acceptors (Lipinski definition) is 7. The van der Waals surface area contributed by atoms with Gasteiger partial charge in [-0.1, -0.05) is 12.1 Å². The van der Waals surface area contributed by atoms with Gasteiger partial charge >= 0.3 is 0 Å². The van der Waals surface area contributed by atoms with Crippen LogP contribution < -0.4 is 0 Å². The Balaban J connectivity index is 1.87. The van der Waals surface area contributed by atoms with E-state index in [1.54, 1.807) is 18.3 Å². The minimum absolute atomic E-state index is 0.281. The molecule has 3 heterocycles. The maximum Gasteiger partial charge on any atom is 0.258 e. The van der Waals surface area contributed by atoms with Crippen LogP contribution in [-0.2, 0) is 0 Å². The summed E-state index contributed by atoms with van der Waals surface area (Å²) in [5.74, 6) is 3.50. The molecule has 0 bridgehead atoms. The van der Waals surface area contributed by atoms with Gasteiger partial charge < -0.3 is 4.52 Å². The third kappa shape index (κ3) is 3.06. The zero-order valence-electron chi connectivity index (χ0n) is 11.5. The topological polar surface area (TPSA) is 75.6 Å². The molecule has 2 atom stereocenters. The lowest BCUT2D eigenvalue weighted by Crippen LogP contribution is -2.19. The summed E-state index contributed by atoms with van der Waals surface area (Å²) in [6.07, 6.45) is 2.68. The van der Waals surface area contributed by atoms with Crippen LogP contribution in [0.15, 0.2) is 22.9 Å². The molecule has 2 aromatic rings. The molecular weight excluding hydrogens is 304 g/mol. The van der Waals surface area contributed by atoms with Crippen LogP contribution in [0.25, 0.3) is 11.5 Å². The highest BCUT2D eigenvalue weighted by Gasteiger charge is 2.30. The number of nitriles is 1. The number of pyridine rings is 1. The zero-order chi connectivity index (χ0) is 14.7. The third-order valence-corrected chi connectivity index (χ3v) is 6.51. The zero-order valence-corrected chi connectivity index (χ0v) is 13.2. The van der Waals surface area contributed by atoms with Crippen molar-refractivity contribution in [3.63, 3.8) is 0 Å². The fourth-order valence-corrected chi connectivity index (χ4v) is 5.22. The van der Waals surface area contributed by atoms with Crippen LogP contribution in [0.5, 0.6) is 0 Å². The SMILES string of the molecule is CCC1SCCSC1c1noc(-c2ccnc(C#N)c2)n1. The summed E-state index contributed by atoms with van der Waals surface area (Å²) >= 11 is 3.88. The standard InChI is InChI=1S/C14H14N4OS2/c1-2-11-12(21-6-5-20-11)13-17-14(19-18-13)9-3-4-16-10(7-9)8-15/h3-4,7,11-12H,2,5-6H2,1H3. The summed E-state index contributed by atoms with van der Waals surface area (Å²) in [7, 11) is 0. The molecule has 1 aliphatic rings. The van der Waals surface area contributed by atoms with Crippen molar-refractivity contribution in [1.29, 1.82) is 5.26 Å². The third-order valence-electron chi connectivity index (χ3n) is 3.27. The van der Waals surface area contributed by atoms with Crippen LogP contribution >= 0.6 is 23.5 Å². The Kier molecular flexibility index (Phi) is 4.46. The van der Waals surface area contributed by atoms with Gasteiger partial charge in [0.15, 0.2) is 5.82 Å². The van der Waals surface area contributed by atoms with Gasteiger partial charge in [-0.15, -0.1) is 11.8 Å². The number of thioether (sulfide) groups is 2. The van der Waals surface area contributed by atoms with Gasteiger partial charge in [0.1, 0.15) is 11.8 Å². The Morgan fingerprint density at radius 1 is 1.43 bits per heavy atom. The molecule has 0 N–H and O–H groups in total. The minimum Gasteiger partial charge on any atom is -0.334 e.